The maximum absolute atomic E-state index is 12.2. The molecule has 1 N–H and O–H groups in total. The van der Waals surface area contributed by atoms with Crippen molar-refractivity contribution < 1.29 is 9.90 Å². The summed E-state index contributed by atoms with van der Waals surface area (Å²) in [5.74, 6) is 1.72. The molecule has 3 heteroatoms. The summed E-state index contributed by atoms with van der Waals surface area (Å²) < 4.78 is 0. The highest BCUT2D eigenvalue weighted by molar-refractivity contribution is 7.98. The maximum atomic E-state index is 12.2. The van der Waals surface area contributed by atoms with E-state index in [-0.39, 0.29) is 11.5 Å². The van der Waals surface area contributed by atoms with Crippen LogP contribution >= 0.6 is 11.8 Å². The number of fused-ring (bicyclic) bond motifs is 4. The molecule has 0 spiro atoms. The Labute approximate surface area is 219 Å². The first-order chi connectivity index (χ1) is 17.5. The van der Waals surface area contributed by atoms with E-state index in [2.05, 4.69) is 73.9 Å². The first-order valence-electron chi connectivity index (χ1n) is 13.5. The van der Waals surface area contributed by atoms with Gasteiger partial charge in [-0.05, 0) is 108 Å². The van der Waals surface area contributed by atoms with Gasteiger partial charge in [0.2, 0.25) is 0 Å². The Bertz CT molecular complexity index is 1250. The van der Waals surface area contributed by atoms with Crippen molar-refractivity contribution in [2.24, 2.45) is 17.3 Å². The average Bonchev–Trinajstić information content (AvgIpc) is 3.21. The molecule has 4 aliphatic rings. The van der Waals surface area contributed by atoms with Crippen LogP contribution in [0.4, 0.5) is 0 Å². The van der Waals surface area contributed by atoms with Gasteiger partial charge in [0.15, 0.2) is 5.78 Å². The zero-order valence-corrected chi connectivity index (χ0v) is 22.2. The van der Waals surface area contributed by atoms with Gasteiger partial charge in [0.25, 0.3) is 0 Å². The van der Waals surface area contributed by atoms with Gasteiger partial charge in [0.05, 0.1) is 6.10 Å². The number of carbonyl (C=O) groups is 1. The fraction of sp³-hybridized carbons (Fsp3) is 0.424. The molecule has 2 nitrogen and oxygen atoms in total. The van der Waals surface area contributed by atoms with Crippen LogP contribution in [0.25, 0.3) is 12.2 Å². The van der Waals surface area contributed by atoms with Crippen LogP contribution in [0.1, 0.15) is 74.5 Å². The molecule has 0 radical (unpaired) electrons. The minimum absolute atomic E-state index is 0.0212. The number of rotatable bonds is 4. The van der Waals surface area contributed by atoms with Gasteiger partial charge < -0.3 is 5.11 Å². The lowest BCUT2D eigenvalue weighted by Gasteiger charge is -2.52. The van der Waals surface area contributed by atoms with Crippen molar-refractivity contribution in [1.29, 1.82) is 0 Å². The quantitative estimate of drug-likeness (QED) is 0.346. The van der Waals surface area contributed by atoms with Crippen LogP contribution in [0, 0.1) is 17.3 Å². The topological polar surface area (TPSA) is 37.3 Å². The van der Waals surface area contributed by atoms with Crippen molar-refractivity contribution in [3.05, 3.63) is 88.0 Å². The van der Waals surface area contributed by atoms with E-state index in [0.29, 0.717) is 30.0 Å². The minimum Gasteiger partial charge on any atom is -0.393 e. The van der Waals surface area contributed by atoms with E-state index < -0.39 is 0 Å². The highest BCUT2D eigenvalue weighted by atomic mass is 32.2. The highest BCUT2D eigenvalue weighted by Crippen LogP contribution is 2.63. The highest BCUT2D eigenvalue weighted by Gasteiger charge is 2.56. The molecule has 0 amide bonds. The number of ketones is 1. The van der Waals surface area contributed by atoms with Crippen molar-refractivity contribution in [3.63, 3.8) is 0 Å². The molecule has 2 aromatic rings. The number of aliphatic hydroxyl groups excluding tert-OH is 1. The number of carbonyl (C=O) groups excluding carboxylic acids is 1. The molecule has 0 saturated heterocycles. The first-order valence-corrected chi connectivity index (χ1v) is 14.8. The smallest absolute Gasteiger partial charge is 0.156 e. The Morgan fingerprint density at radius 3 is 2.31 bits per heavy atom. The summed E-state index contributed by atoms with van der Waals surface area (Å²) in [6.07, 6.45) is 15.0. The lowest BCUT2D eigenvalue weighted by atomic mass is 9.53. The molecule has 2 fully saturated rings. The SMILES string of the molecule is CSc1ccc(/C=C/c2ccc(C3CC4(C)C(O)CCC4C4CCC5=CC(=O)CCC5=C34)cc2)cc1. The van der Waals surface area contributed by atoms with E-state index in [1.807, 2.05) is 6.08 Å². The van der Waals surface area contributed by atoms with Crippen LogP contribution in [-0.4, -0.2) is 23.2 Å². The fourth-order valence-corrected chi connectivity index (χ4v) is 8.09. The summed E-state index contributed by atoms with van der Waals surface area (Å²) in [7, 11) is 0. The summed E-state index contributed by atoms with van der Waals surface area (Å²) in [6.45, 7) is 2.35. The molecule has 0 heterocycles. The van der Waals surface area contributed by atoms with Gasteiger partial charge in [-0.2, -0.15) is 0 Å². The van der Waals surface area contributed by atoms with Gasteiger partial charge in [-0.15, -0.1) is 11.8 Å². The summed E-state index contributed by atoms with van der Waals surface area (Å²) >= 11 is 1.76. The second-order valence-corrected chi connectivity index (χ2v) is 12.3. The van der Waals surface area contributed by atoms with Crippen LogP contribution in [-0.2, 0) is 4.79 Å². The molecule has 2 aromatic carbocycles. The third kappa shape index (κ3) is 4.15. The lowest BCUT2D eigenvalue weighted by molar-refractivity contribution is -0.114. The van der Waals surface area contributed by atoms with Crippen LogP contribution in [0.5, 0.6) is 0 Å². The third-order valence-electron chi connectivity index (χ3n) is 9.60. The normalized spacial score (nSPS) is 31.8. The van der Waals surface area contributed by atoms with Gasteiger partial charge in [0.1, 0.15) is 0 Å². The Morgan fingerprint density at radius 2 is 1.61 bits per heavy atom. The molecule has 0 aliphatic heterocycles. The van der Waals surface area contributed by atoms with Crippen LogP contribution in [0.2, 0.25) is 0 Å². The molecule has 6 rings (SSSR count). The molecule has 5 atom stereocenters. The molecular formula is C33H36O2S. The Morgan fingerprint density at radius 1 is 0.917 bits per heavy atom. The fourth-order valence-electron chi connectivity index (χ4n) is 7.68. The molecule has 186 valence electrons. The van der Waals surface area contributed by atoms with Crippen molar-refractivity contribution >= 4 is 29.7 Å². The van der Waals surface area contributed by atoms with E-state index in [4.69, 9.17) is 0 Å². The molecule has 4 aliphatic carbocycles. The van der Waals surface area contributed by atoms with Crippen LogP contribution in [0.15, 0.2) is 76.2 Å². The standard InChI is InChI=1S/C33H36O2S/c1-33-20-29(23-9-5-21(6-10-23)3-4-22-7-13-26(36-2)14-8-22)32-27-16-12-25(34)19-24(27)11-15-28(32)30(33)17-18-31(33)35/h3-10,13-14,19,28-31,35H,11-12,15-18,20H2,1-2H3/b4-3+. The minimum atomic E-state index is -0.207. The van der Waals surface area contributed by atoms with Gasteiger partial charge in [0, 0.05) is 17.2 Å². The number of hydrogen-bond donors (Lipinski definition) is 1. The Kier molecular flexibility index (Phi) is 6.34. The number of aliphatic hydroxyl groups is 1. The summed E-state index contributed by atoms with van der Waals surface area (Å²) in [5, 5.41) is 11.1. The van der Waals surface area contributed by atoms with Crippen molar-refractivity contribution in [3.8, 4) is 0 Å². The van der Waals surface area contributed by atoms with Gasteiger partial charge in [-0.1, -0.05) is 61.0 Å². The second-order valence-electron chi connectivity index (χ2n) is 11.5. The Balaban J connectivity index is 1.34. The maximum Gasteiger partial charge on any atom is 0.156 e. The van der Waals surface area contributed by atoms with E-state index in [9.17, 15) is 9.90 Å². The van der Waals surface area contributed by atoms with E-state index in [1.165, 1.54) is 32.7 Å². The molecule has 5 unspecified atom stereocenters. The van der Waals surface area contributed by atoms with Crippen molar-refractivity contribution in [2.45, 2.75) is 68.8 Å². The van der Waals surface area contributed by atoms with Gasteiger partial charge in [-0.3, -0.25) is 4.79 Å². The molecule has 0 bridgehead atoms. The zero-order chi connectivity index (χ0) is 24.9. The van der Waals surface area contributed by atoms with Crippen molar-refractivity contribution in [2.75, 3.05) is 6.26 Å². The lowest BCUT2D eigenvalue weighted by Crippen LogP contribution is -2.45. The van der Waals surface area contributed by atoms with Crippen molar-refractivity contribution in [1.82, 2.24) is 0 Å². The van der Waals surface area contributed by atoms with E-state index in [1.54, 1.807) is 17.3 Å². The van der Waals surface area contributed by atoms with Crippen LogP contribution < -0.4 is 0 Å². The van der Waals surface area contributed by atoms with E-state index in [0.717, 1.165) is 38.5 Å². The predicted octanol–water partition coefficient (Wildman–Crippen LogP) is 7.84. The first kappa shape index (κ1) is 24.0. The molecule has 0 aromatic heterocycles. The number of hydrogen-bond acceptors (Lipinski definition) is 3. The molecule has 36 heavy (non-hydrogen) atoms. The van der Waals surface area contributed by atoms with Gasteiger partial charge in [-0.25, -0.2) is 0 Å². The summed E-state index contributed by atoms with van der Waals surface area (Å²) in [5.41, 5.74) is 8.15. The van der Waals surface area contributed by atoms with E-state index >= 15 is 0 Å². The number of thioether (sulfide) groups is 1. The second kappa shape index (κ2) is 9.50. The van der Waals surface area contributed by atoms with Crippen LogP contribution in [0.3, 0.4) is 0 Å². The summed E-state index contributed by atoms with van der Waals surface area (Å²) in [6, 6.07) is 17.8. The third-order valence-corrected chi connectivity index (χ3v) is 10.3. The molecule has 2 saturated carbocycles. The van der Waals surface area contributed by atoms with Gasteiger partial charge >= 0.3 is 0 Å². The largest absolute Gasteiger partial charge is 0.393 e. The Hall–Kier alpha value is -2.36. The molecular weight excluding hydrogens is 460 g/mol. The average molecular weight is 497 g/mol. The summed E-state index contributed by atoms with van der Waals surface area (Å²) in [4.78, 5) is 13.5. The predicted molar refractivity (Wildman–Crippen MR) is 150 cm³/mol. The number of benzene rings is 2. The number of allylic oxidation sites excluding steroid dienone is 4. The zero-order valence-electron chi connectivity index (χ0n) is 21.4. The monoisotopic (exact) mass is 496 g/mol.